The summed E-state index contributed by atoms with van der Waals surface area (Å²) in [5.41, 5.74) is 2.51. The molecule has 0 atom stereocenters. The zero-order valence-corrected chi connectivity index (χ0v) is 14.3. The topological polar surface area (TPSA) is 47.4 Å². The van der Waals surface area contributed by atoms with E-state index in [0.717, 1.165) is 11.4 Å². The van der Waals surface area contributed by atoms with Crippen LogP contribution in [0.4, 0.5) is 14.5 Å². The highest BCUT2D eigenvalue weighted by Gasteiger charge is 2.23. The van der Waals surface area contributed by atoms with Gasteiger partial charge in [0.1, 0.15) is 18.3 Å². The van der Waals surface area contributed by atoms with Crippen LogP contribution in [-0.2, 0) is 11.5 Å². The summed E-state index contributed by atoms with van der Waals surface area (Å²) in [7, 11) is 0. The summed E-state index contributed by atoms with van der Waals surface area (Å²) in [6.07, 6.45) is 0. The number of aryl methyl sites for hydroxylation is 3. The Morgan fingerprint density at radius 1 is 1.38 bits per heavy atom. The molecule has 0 unspecified atom stereocenters. The molecule has 0 radical (unpaired) electrons. The summed E-state index contributed by atoms with van der Waals surface area (Å²) in [5.74, 6) is -0.801. The molecule has 0 saturated carbocycles. The first-order valence-corrected chi connectivity index (χ1v) is 7.78. The number of alkyl halides is 3. The quantitative estimate of drug-likeness (QED) is 0.741. The molecule has 5 nitrogen and oxygen atoms in total. The van der Waals surface area contributed by atoms with Gasteiger partial charge in [-0.2, -0.15) is 13.9 Å². The third-order valence-electron chi connectivity index (χ3n) is 3.48. The van der Waals surface area contributed by atoms with Gasteiger partial charge in [0, 0.05) is 5.69 Å². The predicted octanol–water partition coefficient (Wildman–Crippen LogP) is 3.64. The second-order valence-corrected chi connectivity index (χ2v) is 5.59. The van der Waals surface area contributed by atoms with Gasteiger partial charge in [0.2, 0.25) is 5.91 Å². The van der Waals surface area contributed by atoms with Gasteiger partial charge in [0.05, 0.1) is 11.4 Å². The zero-order chi connectivity index (χ0) is 17.9. The first-order valence-electron chi connectivity index (χ1n) is 7.25. The predicted molar refractivity (Wildman–Crippen MR) is 87.7 cm³/mol. The van der Waals surface area contributed by atoms with E-state index in [4.69, 9.17) is 11.6 Å². The van der Waals surface area contributed by atoms with Gasteiger partial charge in [-0.25, -0.2) is 4.68 Å². The second kappa shape index (κ2) is 7.61. The van der Waals surface area contributed by atoms with E-state index in [1.54, 1.807) is 23.7 Å². The normalized spacial score (nSPS) is 11.0. The van der Waals surface area contributed by atoms with E-state index in [-0.39, 0.29) is 24.0 Å². The van der Waals surface area contributed by atoms with Gasteiger partial charge in [-0.15, -0.1) is 11.6 Å². The van der Waals surface area contributed by atoms with Gasteiger partial charge in [0.25, 0.3) is 0 Å². The minimum Gasteiger partial charge on any atom is -0.433 e. The average molecular weight is 358 g/mol. The number of halogens is 3. The number of hydrogen-bond acceptors (Lipinski definition) is 3. The van der Waals surface area contributed by atoms with Gasteiger partial charge >= 0.3 is 6.61 Å². The van der Waals surface area contributed by atoms with E-state index in [9.17, 15) is 13.6 Å². The van der Waals surface area contributed by atoms with E-state index in [1.165, 1.54) is 11.0 Å². The second-order valence-electron chi connectivity index (χ2n) is 5.32. The number of ether oxygens (including phenoxy) is 1. The van der Waals surface area contributed by atoms with Crippen molar-refractivity contribution in [2.45, 2.75) is 34.1 Å². The van der Waals surface area contributed by atoms with Crippen LogP contribution in [0.1, 0.15) is 17.0 Å². The summed E-state index contributed by atoms with van der Waals surface area (Å²) in [6, 6.07) is 6.55. The Kier molecular flexibility index (Phi) is 5.77. The molecule has 0 aliphatic carbocycles. The molecule has 1 heterocycles. The molecule has 0 spiro atoms. The minimum absolute atomic E-state index is 0.0513. The van der Waals surface area contributed by atoms with Gasteiger partial charge in [-0.05, 0) is 38.5 Å². The molecule has 1 amide bonds. The molecule has 8 heteroatoms. The molecule has 0 bridgehead atoms. The highest BCUT2D eigenvalue weighted by molar-refractivity contribution is 6.29. The molecule has 0 fully saturated rings. The van der Waals surface area contributed by atoms with E-state index >= 15 is 0 Å². The first kappa shape index (κ1) is 18.2. The van der Waals surface area contributed by atoms with Crippen LogP contribution >= 0.6 is 11.6 Å². The lowest BCUT2D eigenvalue weighted by Gasteiger charge is -2.26. The number of hydrogen-bond donors (Lipinski definition) is 0. The van der Waals surface area contributed by atoms with Crippen LogP contribution in [0.25, 0.3) is 0 Å². The SMILES string of the molecule is Cc1cc(C)n(CN(C(=O)CCl)c2c(C)cccc2OC(F)F)n1. The molecule has 24 heavy (non-hydrogen) atoms. The number of aromatic nitrogens is 2. The Morgan fingerprint density at radius 2 is 2.08 bits per heavy atom. The van der Waals surface area contributed by atoms with Gasteiger partial charge in [-0.3, -0.25) is 9.69 Å². The van der Waals surface area contributed by atoms with Crippen LogP contribution in [0.5, 0.6) is 5.75 Å². The van der Waals surface area contributed by atoms with Crippen LogP contribution in [-0.4, -0.2) is 28.2 Å². The minimum atomic E-state index is -2.99. The number of benzene rings is 1. The maximum atomic E-state index is 12.7. The summed E-state index contributed by atoms with van der Waals surface area (Å²) in [5, 5.41) is 4.30. The van der Waals surface area contributed by atoms with Crippen molar-refractivity contribution in [1.29, 1.82) is 0 Å². The molecular formula is C16H18ClF2N3O2. The number of rotatable bonds is 6. The number of anilines is 1. The number of para-hydroxylation sites is 1. The van der Waals surface area contributed by atoms with Crippen molar-refractivity contribution in [3.8, 4) is 5.75 Å². The van der Waals surface area contributed by atoms with Crippen molar-refractivity contribution in [1.82, 2.24) is 9.78 Å². The smallest absolute Gasteiger partial charge is 0.387 e. The van der Waals surface area contributed by atoms with Crippen molar-refractivity contribution in [3.05, 3.63) is 41.2 Å². The van der Waals surface area contributed by atoms with Crippen LogP contribution in [0.2, 0.25) is 0 Å². The van der Waals surface area contributed by atoms with E-state index < -0.39 is 12.5 Å². The lowest BCUT2D eigenvalue weighted by atomic mass is 10.1. The summed E-state index contributed by atoms with van der Waals surface area (Å²) >= 11 is 5.71. The molecule has 0 aliphatic heterocycles. The summed E-state index contributed by atoms with van der Waals surface area (Å²) in [4.78, 5) is 13.6. The number of amides is 1. The molecule has 0 saturated heterocycles. The monoisotopic (exact) mass is 357 g/mol. The first-order chi connectivity index (χ1) is 11.3. The lowest BCUT2D eigenvalue weighted by molar-refractivity contribution is -0.116. The van der Waals surface area contributed by atoms with Crippen molar-refractivity contribution in [3.63, 3.8) is 0 Å². The number of carbonyl (C=O) groups excluding carboxylic acids is 1. The Balaban J connectivity index is 2.49. The van der Waals surface area contributed by atoms with Crippen molar-refractivity contribution < 1.29 is 18.3 Å². The van der Waals surface area contributed by atoms with Gasteiger partial charge in [0.15, 0.2) is 0 Å². The van der Waals surface area contributed by atoms with Crippen LogP contribution in [0, 0.1) is 20.8 Å². The largest absolute Gasteiger partial charge is 0.433 e. The van der Waals surface area contributed by atoms with Crippen molar-refractivity contribution in [2.75, 3.05) is 10.8 Å². The number of nitrogens with zero attached hydrogens (tertiary/aromatic N) is 3. The van der Waals surface area contributed by atoms with Gasteiger partial charge < -0.3 is 4.74 Å². The average Bonchev–Trinajstić information content (AvgIpc) is 2.82. The Morgan fingerprint density at radius 3 is 2.62 bits per heavy atom. The van der Waals surface area contributed by atoms with Crippen molar-refractivity contribution in [2.24, 2.45) is 0 Å². The molecule has 2 aromatic rings. The van der Waals surface area contributed by atoms with E-state index in [0.29, 0.717) is 5.56 Å². The molecule has 0 N–H and O–H groups in total. The third kappa shape index (κ3) is 4.03. The molecule has 2 rings (SSSR count). The maximum Gasteiger partial charge on any atom is 0.387 e. The maximum absolute atomic E-state index is 12.7. The summed E-state index contributed by atoms with van der Waals surface area (Å²) in [6.45, 7) is 2.44. The van der Waals surface area contributed by atoms with Crippen LogP contribution < -0.4 is 9.64 Å². The fraction of sp³-hybridized carbons (Fsp3) is 0.375. The Labute approximate surface area is 143 Å². The van der Waals surface area contributed by atoms with Crippen LogP contribution in [0.3, 0.4) is 0 Å². The van der Waals surface area contributed by atoms with Gasteiger partial charge in [-0.1, -0.05) is 12.1 Å². The lowest BCUT2D eigenvalue weighted by Crippen LogP contribution is -2.35. The highest BCUT2D eigenvalue weighted by Crippen LogP contribution is 2.34. The van der Waals surface area contributed by atoms with E-state index in [1.807, 2.05) is 19.9 Å². The summed E-state index contributed by atoms with van der Waals surface area (Å²) < 4.78 is 31.6. The Bertz CT molecular complexity index is 734. The standard InChI is InChI=1S/C16H18ClF2N3O2/c1-10-5-4-6-13(24-16(18)19)15(10)21(14(23)8-17)9-22-12(3)7-11(2)20-22/h4-7,16H,8-9H2,1-3H3. The molecular weight excluding hydrogens is 340 g/mol. The zero-order valence-electron chi connectivity index (χ0n) is 13.6. The fourth-order valence-corrected chi connectivity index (χ4v) is 2.61. The highest BCUT2D eigenvalue weighted by atomic mass is 35.5. The third-order valence-corrected chi connectivity index (χ3v) is 3.71. The molecule has 1 aromatic carbocycles. The van der Waals surface area contributed by atoms with Crippen LogP contribution in [0.15, 0.2) is 24.3 Å². The van der Waals surface area contributed by atoms with Crippen molar-refractivity contribution >= 4 is 23.2 Å². The van der Waals surface area contributed by atoms with E-state index in [2.05, 4.69) is 9.84 Å². The molecule has 1 aromatic heterocycles. The fourth-order valence-electron chi connectivity index (χ4n) is 2.47. The molecule has 130 valence electrons. The Hall–Kier alpha value is -2.15. The molecule has 0 aliphatic rings. The number of carbonyl (C=O) groups is 1.